The maximum Gasteiger partial charge on any atom is 0.258 e. The molecule has 0 fully saturated rings. The van der Waals surface area contributed by atoms with Crippen molar-refractivity contribution < 1.29 is 4.79 Å². The lowest BCUT2D eigenvalue weighted by molar-refractivity contribution is 0.102. The van der Waals surface area contributed by atoms with Gasteiger partial charge in [-0.2, -0.15) is 5.26 Å². The number of nitrogens with zero attached hydrogens (tertiary/aromatic N) is 4. The van der Waals surface area contributed by atoms with Crippen LogP contribution in [0.3, 0.4) is 0 Å². The number of amides is 1. The van der Waals surface area contributed by atoms with Crippen LogP contribution >= 0.6 is 0 Å². The Morgan fingerprint density at radius 3 is 2.62 bits per heavy atom. The molecule has 24 heavy (non-hydrogen) atoms. The van der Waals surface area contributed by atoms with E-state index >= 15 is 0 Å². The molecular formula is C17H20N6O. The van der Waals surface area contributed by atoms with E-state index in [-0.39, 0.29) is 5.91 Å². The van der Waals surface area contributed by atoms with E-state index in [0.29, 0.717) is 22.8 Å². The number of anilines is 2. The average molecular weight is 324 g/mol. The largest absolute Gasteiger partial charge is 0.354 e. The van der Waals surface area contributed by atoms with Gasteiger partial charge in [0.2, 0.25) is 5.95 Å². The third kappa shape index (κ3) is 5.04. The molecule has 1 aromatic carbocycles. The number of hydrogen-bond donors (Lipinski definition) is 2. The Balaban J connectivity index is 1.93. The molecule has 7 heteroatoms. The molecule has 0 aliphatic carbocycles. The van der Waals surface area contributed by atoms with Crippen LogP contribution in [0, 0.1) is 11.3 Å². The molecule has 1 heterocycles. The fraction of sp³-hybridized carbons (Fsp3) is 0.294. The van der Waals surface area contributed by atoms with Crippen molar-refractivity contribution in [2.24, 2.45) is 0 Å². The first-order valence-electron chi connectivity index (χ1n) is 7.61. The van der Waals surface area contributed by atoms with E-state index < -0.39 is 0 Å². The molecule has 0 aliphatic heterocycles. The zero-order chi connectivity index (χ0) is 17.4. The highest BCUT2D eigenvalue weighted by Crippen LogP contribution is 2.14. The second-order valence-corrected chi connectivity index (χ2v) is 5.49. The number of hydrogen-bond acceptors (Lipinski definition) is 6. The Morgan fingerprint density at radius 2 is 1.96 bits per heavy atom. The Hall–Kier alpha value is -2.98. The average Bonchev–Trinajstić information content (AvgIpc) is 2.59. The van der Waals surface area contributed by atoms with E-state index in [1.165, 1.54) is 12.4 Å². The zero-order valence-electron chi connectivity index (χ0n) is 13.8. The van der Waals surface area contributed by atoms with Gasteiger partial charge in [-0.15, -0.1) is 0 Å². The van der Waals surface area contributed by atoms with Crippen molar-refractivity contribution in [2.75, 3.05) is 37.8 Å². The molecule has 0 bridgehead atoms. The summed E-state index contributed by atoms with van der Waals surface area (Å²) < 4.78 is 0. The highest BCUT2D eigenvalue weighted by atomic mass is 16.1. The summed E-state index contributed by atoms with van der Waals surface area (Å²) in [5.41, 5.74) is 1.21. The van der Waals surface area contributed by atoms with E-state index in [1.54, 1.807) is 24.3 Å². The fourth-order valence-corrected chi connectivity index (χ4v) is 2.02. The minimum absolute atomic E-state index is 0.335. The van der Waals surface area contributed by atoms with Crippen LogP contribution in [0.15, 0.2) is 36.7 Å². The van der Waals surface area contributed by atoms with E-state index in [4.69, 9.17) is 5.26 Å². The molecule has 0 spiro atoms. The van der Waals surface area contributed by atoms with Crippen molar-refractivity contribution >= 4 is 17.5 Å². The second kappa shape index (κ2) is 8.60. The summed E-state index contributed by atoms with van der Waals surface area (Å²) in [5, 5.41) is 14.8. The van der Waals surface area contributed by atoms with Gasteiger partial charge in [-0.3, -0.25) is 4.79 Å². The molecule has 7 nitrogen and oxygen atoms in total. The minimum atomic E-state index is -0.350. The van der Waals surface area contributed by atoms with Gasteiger partial charge in [0.15, 0.2) is 0 Å². The van der Waals surface area contributed by atoms with Crippen molar-refractivity contribution in [3.05, 3.63) is 47.8 Å². The van der Waals surface area contributed by atoms with Gasteiger partial charge >= 0.3 is 0 Å². The molecule has 2 rings (SSSR count). The van der Waals surface area contributed by atoms with Gasteiger partial charge in [-0.25, -0.2) is 9.97 Å². The van der Waals surface area contributed by atoms with Crippen LogP contribution < -0.4 is 10.6 Å². The van der Waals surface area contributed by atoms with Gasteiger partial charge in [0.1, 0.15) is 6.07 Å². The highest BCUT2D eigenvalue weighted by molar-refractivity contribution is 6.04. The van der Waals surface area contributed by atoms with E-state index in [1.807, 2.05) is 20.2 Å². The summed E-state index contributed by atoms with van der Waals surface area (Å²) in [6.07, 6.45) is 3.90. The topological polar surface area (TPSA) is 93.9 Å². The predicted octanol–water partition coefficient (Wildman–Crippen LogP) is 1.96. The summed E-state index contributed by atoms with van der Waals surface area (Å²) in [6.45, 7) is 1.74. The fourth-order valence-electron chi connectivity index (χ4n) is 2.02. The predicted molar refractivity (Wildman–Crippen MR) is 92.8 cm³/mol. The number of nitrogens with one attached hydrogen (secondary N) is 2. The lowest BCUT2D eigenvalue weighted by Gasteiger charge is -2.10. The smallest absolute Gasteiger partial charge is 0.258 e. The van der Waals surface area contributed by atoms with Gasteiger partial charge in [0, 0.05) is 18.9 Å². The second-order valence-electron chi connectivity index (χ2n) is 5.49. The van der Waals surface area contributed by atoms with Crippen LogP contribution in [0.1, 0.15) is 22.3 Å². The summed E-state index contributed by atoms with van der Waals surface area (Å²) in [7, 11) is 4.04. The Morgan fingerprint density at radius 1 is 1.25 bits per heavy atom. The van der Waals surface area contributed by atoms with Crippen LogP contribution in [0.4, 0.5) is 11.6 Å². The molecule has 0 unspecified atom stereocenters. The van der Waals surface area contributed by atoms with Crippen LogP contribution in [0.2, 0.25) is 0 Å². The van der Waals surface area contributed by atoms with Crippen molar-refractivity contribution in [2.45, 2.75) is 6.42 Å². The van der Waals surface area contributed by atoms with E-state index in [9.17, 15) is 4.79 Å². The number of nitriles is 1. The van der Waals surface area contributed by atoms with Crippen molar-refractivity contribution in [1.82, 2.24) is 14.9 Å². The lowest BCUT2D eigenvalue weighted by Crippen LogP contribution is -2.17. The number of benzene rings is 1. The maximum absolute atomic E-state index is 12.2. The Kier molecular flexibility index (Phi) is 6.23. The van der Waals surface area contributed by atoms with Crippen LogP contribution in [-0.2, 0) is 0 Å². The highest BCUT2D eigenvalue weighted by Gasteiger charge is 2.10. The zero-order valence-corrected chi connectivity index (χ0v) is 13.8. The Bertz CT molecular complexity index is 721. The number of para-hydroxylation sites is 1. The molecule has 124 valence electrons. The molecule has 0 aliphatic rings. The summed E-state index contributed by atoms with van der Waals surface area (Å²) in [4.78, 5) is 22.6. The molecule has 0 atom stereocenters. The quantitative estimate of drug-likeness (QED) is 0.756. The number of carbonyl (C=O) groups is 1. The lowest BCUT2D eigenvalue weighted by atomic mass is 10.2. The van der Waals surface area contributed by atoms with Gasteiger partial charge in [0.05, 0.1) is 16.8 Å². The third-order valence-electron chi connectivity index (χ3n) is 3.27. The van der Waals surface area contributed by atoms with Crippen molar-refractivity contribution in [3.8, 4) is 6.07 Å². The van der Waals surface area contributed by atoms with Crippen molar-refractivity contribution in [1.29, 1.82) is 5.26 Å². The molecule has 2 N–H and O–H groups in total. The maximum atomic E-state index is 12.2. The molecule has 1 aromatic heterocycles. The van der Waals surface area contributed by atoms with Gasteiger partial charge in [-0.1, -0.05) is 12.1 Å². The number of carbonyl (C=O) groups excluding carboxylic acids is 1. The number of aromatic nitrogens is 2. The SMILES string of the molecule is CN(C)CCCNc1ncc(C(=O)Nc2ccccc2C#N)cn1. The van der Waals surface area contributed by atoms with Crippen molar-refractivity contribution in [3.63, 3.8) is 0 Å². The monoisotopic (exact) mass is 324 g/mol. The summed E-state index contributed by atoms with van der Waals surface area (Å²) >= 11 is 0. The molecule has 1 amide bonds. The Labute approximate surface area is 141 Å². The first-order valence-corrected chi connectivity index (χ1v) is 7.61. The van der Waals surface area contributed by atoms with E-state index in [2.05, 4.69) is 25.5 Å². The standard InChI is InChI=1S/C17H20N6O/c1-23(2)9-5-8-19-17-20-11-14(12-21-17)16(24)22-15-7-4-3-6-13(15)10-18/h3-4,6-7,11-12H,5,8-9H2,1-2H3,(H,22,24)(H,19,20,21). The molecule has 0 saturated carbocycles. The molecule has 2 aromatic rings. The summed E-state index contributed by atoms with van der Waals surface area (Å²) in [6, 6.07) is 8.86. The van der Waals surface area contributed by atoms with Gasteiger partial charge in [-0.05, 0) is 39.2 Å². The minimum Gasteiger partial charge on any atom is -0.354 e. The van der Waals surface area contributed by atoms with Gasteiger partial charge < -0.3 is 15.5 Å². The normalized spacial score (nSPS) is 10.2. The molecule has 0 saturated heterocycles. The van der Waals surface area contributed by atoms with Crippen LogP contribution in [-0.4, -0.2) is 48.0 Å². The molecular weight excluding hydrogens is 304 g/mol. The third-order valence-corrected chi connectivity index (χ3v) is 3.27. The van der Waals surface area contributed by atoms with Crippen LogP contribution in [0.25, 0.3) is 0 Å². The number of rotatable bonds is 7. The molecule has 0 radical (unpaired) electrons. The van der Waals surface area contributed by atoms with E-state index in [0.717, 1.165) is 19.5 Å². The van der Waals surface area contributed by atoms with Crippen LogP contribution in [0.5, 0.6) is 0 Å². The van der Waals surface area contributed by atoms with Gasteiger partial charge in [0.25, 0.3) is 5.91 Å². The first-order chi connectivity index (χ1) is 11.6. The summed E-state index contributed by atoms with van der Waals surface area (Å²) in [5.74, 6) is 0.139. The first kappa shape index (κ1) is 17.4.